The summed E-state index contributed by atoms with van der Waals surface area (Å²) in [5, 5.41) is 9.88. The van der Waals surface area contributed by atoms with E-state index in [9.17, 15) is 9.59 Å². The van der Waals surface area contributed by atoms with Crippen molar-refractivity contribution in [1.29, 1.82) is 0 Å². The number of hydrogen-bond acceptors (Lipinski definition) is 4. The highest BCUT2D eigenvalue weighted by Gasteiger charge is 2.24. The van der Waals surface area contributed by atoms with Crippen LogP contribution in [-0.4, -0.2) is 35.8 Å². The Hall–Kier alpha value is -2.83. The first-order chi connectivity index (χ1) is 12.6. The Morgan fingerprint density at radius 3 is 2.30 bits per heavy atom. The molecular weight excluding hydrogens is 344 g/mol. The van der Waals surface area contributed by atoms with E-state index in [1.165, 1.54) is 7.11 Å². The van der Waals surface area contributed by atoms with Crippen molar-refractivity contribution in [3.63, 3.8) is 0 Å². The molecule has 0 atom stereocenters. The van der Waals surface area contributed by atoms with E-state index < -0.39 is 0 Å². The Labute approximate surface area is 160 Å². The van der Waals surface area contributed by atoms with Gasteiger partial charge in [0, 0.05) is 18.3 Å². The first-order valence-electron chi connectivity index (χ1n) is 8.90. The number of aromatic nitrogens is 2. The molecular formula is C20H28N4O3. The minimum atomic E-state index is -0.354. The maximum Gasteiger partial charge on any atom is 0.276 e. The van der Waals surface area contributed by atoms with Gasteiger partial charge in [0.05, 0.1) is 18.3 Å². The number of carbonyl (C=O) groups excluding carboxylic acids is 2. The molecule has 0 radical (unpaired) electrons. The van der Waals surface area contributed by atoms with Crippen molar-refractivity contribution in [2.45, 2.75) is 46.1 Å². The minimum Gasteiger partial charge on any atom is -0.495 e. The van der Waals surface area contributed by atoms with Crippen molar-refractivity contribution in [2.75, 3.05) is 19.5 Å². The number of hydrogen-bond donors (Lipinski definition) is 2. The summed E-state index contributed by atoms with van der Waals surface area (Å²) in [6.45, 7) is 10.3. The molecule has 7 nitrogen and oxygen atoms in total. The highest BCUT2D eigenvalue weighted by atomic mass is 16.5. The number of carbonyl (C=O) groups is 2. The molecule has 2 N–H and O–H groups in total. The van der Waals surface area contributed by atoms with Crippen LogP contribution in [0, 0.1) is 0 Å². The molecule has 27 heavy (non-hydrogen) atoms. The summed E-state index contributed by atoms with van der Waals surface area (Å²) in [6, 6.07) is 6.67. The molecule has 2 aromatic rings. The standard InChI is InChI=1S/C20H28N4O3/c1-12(2)16-11-15(23-24(16)20(3,4)5)19(26)22-14-10-13(18(25)21-6)8-9-17(14)27-7/h8-12H,1-7H3,(H,21,25)(H,22,26). The van der Waals surface area contributed by atoms with Gasteiger partial charge in [0.2, 0.25) is 0 Å². The van der Waals surface area contributed by atoms with Crippen molar-refractivity contribution in [2.24, 2.45) is 0 Å². The van der Waals surface area contributed by atoms with Gasteiger partial charge in [-0.05, 0) is 51.0 Å². The molecule has 0 bridgehead atoms. The molecule has 1 aromatic heterocycles. The zero-order chi connectivity index (χ0) is 20.4. The lowest BCUT2D eigenvalue weighted by atomic mass is 10.1. The second kappa shape index (κ2) is 7.82. The van der Waals surface area contributed by atoms with Gasteiger partial charge in [0.15, 0.2) is 5.69 Å². The van der Waals surface area contributed by atoms with Gasteiger partial charge >= 0.3 is 0 Å². The van der Waals surface area contributed by atoms with Crippen molar-refractivity contribution in [3.05, 3.63) is 41.2 Å². The van der Waals surface area contributed by atoms with E-state index in [1.807, 2.05) is 25.5 Å². The summed E-state index contributed by atoms with van der Waals surface area (Å²) in [6.07, 6.45) is 0. The van der Waals surface area contributed by atoms with E-state index in [1.54, 1.807) is 31.3 Å². The Bertz CT molecular complexity index is 847. The molecule has 1 aromatic carbocycles. The van der Waals surface area contributed by atoms with Crippen LogP contribution in [0.25, 0.3) is 0 Å². The number of ether oxygens (including phenoxy) is 1. The topological polar surface area (TPSA) is 85.3 Å². The lowest BCUT2D eigenvalue weighted by Gasteiger charge is -2.23. The molecule has 0 saturated heterocycles. The third-order valence-corrected chi connectivity index (χ3v) is 4.13. The fourth-order valence-electron chi connectivity index (χ4n) is 2.73. The van der Waals surface area contributed by atoms with Gasteiger partial charge in [-0.15, -0.1) is 0 Å². The Kier molecular flexibility index (Phi) is 5.93. The van der Waals surface area contributed by atoms with Crippen LogP contribution in [0.4, 0.5) is 5.69 Å². The van der Waals surface area contributed by atoms with Crippen LogP contribution in [0.1, 0.15) is 67.1 Å². The summed E-state index contributed by atoms with van der Waals surface area (Å²) in [4.78, 5) is 24.7. The smallest absolute Gasteiger partial charge is 0.276 e. The molecule has 0 saturated carbocycles. The van der Waals surface area contributed by atoms with Crippen LogP contribution in [0.5, 0.6) is 5.75 Å². The number of anilines is 1. The molecule has 2 amide bonds. The number of amides is 2. The SMILES string of the molecule is CNC(=O)c1ccc(OC)c(NC(=O)c2cc(C(C)C)n(C(C)(C)C)n2)c1. The molecule has 0 aliphatic carbocycles. The molecule has 0 fully saturated rings. The van der Waals surface area contributed by atoms with Crippen LogP contribution in [0.3, 0.4) is 0 Å². The van der Waals surface area contributed by atoms with Crippen LogP contribution >= 0.6 is 0 Å². The second-order valence-corrected chi connectivity index (χ2v) is 7.64. The third-order valence-electron chi connectivity index (χ3n) is 4.13. The molecule has 7 heteroatoms. The average molecular weight is 372 g/mol. The van der Waals surface area contributed by atoms with Gasteiger partial charge in [0.25, 0.3) is 11.8 Å². The first-order valence-corrected chi connectivity index (χ1v) is 8.90. The first kappa shape index (κ1) is 20.5. The fraction of sp³-hybridized carbons (Fsp3) is 0.450. The number of rotatable bonds is 5. The Balaban J connectivity index is 2.39. The van der Waals surface area contributed by atoms with E-state index in [4.69, 9.17) is 4.74 Å². The normalized spacial score (nSPS) is 11.4. The molecule has 0 aliphatic heterocycles. The highest BCUT2D eigenvalue weighted by molar-refractivity contribution is 6.05. The van der Waals surface area contributed by atoms with E-state index in [0.29, 0.717) is 22.7 Å². The molecule has 1 heterocycles. The molecule has 2 rings (SSSR count). The summed E-state index contributed by atoms with van der Waals surface area (Å²) >= 11 is 0. The van der Waals surface area contributed by atoms with Gasteiger partial charge in [-0.1, -0.05) is 13.8 Å². The lowest BCUT2D eigenvalue weighted by Crippen LogP contribution is -2.26. The maximum atomic E-state index is 12.8. The highest BCUT2D eigenvalue weighted by Crippen LogP contribution is 2.27. The molecule has 146 valence electrons. The van der Waals surface area contributed by atoms with Gasteiger partial charge in [0.1, 0.15) is 5.75 Å². The zero-order valence-corrected chi connectivity index (χ0v) is 17.0. The Morgan fingerprint density at radius 1 is 1.15 bits per heavy atom. The molecule has 0 spiro atoms. The van der Waals surface area contributed by atoms with Gasteiger partial charge < -0.3 is 15.4 Å². The summed E-state index contributed by atoms with van der Waals surface area (Å²) < 4.78 is 7.18. The van der Waals surface area contributed by atoms with Crippen molar-refractivity contribution >= 4 is 17.5 Å². The number of benzene rings is 1. The minimum absolute atomic E-state index is 0.226. The zero-order valence-electron chi connectivity index (χ0n) is 17.0. The molecule has 0 aliphatic rings. The number of nitrogens with zero attached hydrogens (tertiary/aromatic N) is 2. The van der Waals surface area contributed by atoms with Crippen LogP contribution in [-0.2, 0) is 5.54 Å². The van der Waals surface area contributed by atoms with E-state index in [2.05, 4.69) is 29.6 Å². The predicted molar refractivity (Wildman–Crippen MR) is 106 cm³/mol. The fourth-order valence-corrected chi connectivity index (χ4v) is 2.73. The molecule has 0 unspecified atom stereocenters. The number of methoxy groups -OCH3 is 1. The van der Waals surface area contributed by atoms with Crippen molar-refractivity contribution < 1.29 is 14.3 Å². The Morgan fingerprint density at radius 2 is 1.81 bits per heavy atom. The van der Waals surface area contributed by atoms with Crippen LogP contribution < -0.4 is 15.4 Å². The second-order valence-electron chi connectivity index (χ2n) is 7.64. The van der Waals surface area contributed by atoms with E-state index in [0.717, 1.165) is 5.69 Å². The van der Waals surface area contributed by atoms with Gasteiger partial charge in [-0.3, -0.25) is 14.3 Å². The average Bonchev–Trinajstić information content (AvgIpc) is 3.07. The van der Waals surface area contributed by atoms with Crippen LogP contribution in [0.2, 0.25) is 0 Å². The quantitative estimate of drug-likeness (QED) is 0.842. The van der Waals surface area contributed by atoms with Crippen LogP contribution in [0.15, 0.2) is 24.3 Å². The predicted octanol–water partition coefficient (Wildman–Crippen LogP) is 3.38. The summed E-state index contributed by atoms with van der Waals surface area (Å²) in [5.74, 6) is 0.0965. The van der Waals surface area contributed by atoms with Gasteiger partial charge in [-0.2, -0.15) is 5.10 Å². The van der Waals surface area contributed by atoms with E-state index >= 15 is 0 Å². The summed E-state index contributed by atoms with van der Waals surface area (Å²) in [7, 11) is 3.06. The van der Waals surface area contributed by atoms with E-state index in [-0.39, 0.29) is 23.3 Å². The third kappa shape index (κ3) is 4.48. The largest absolute Gasteiger partial charge is 0.495 e. The number of nitrogens with one attached hydrogen (secondary N) is 2. The maximum absolute atomic E-state index is 12.8. The van der Waals surface area contributed by atoms with Crippen molar-refractivity contribution in [3.8, 4) is 5.75 Å². The summed E-state index contributed by atoms with van der Waals surface area (Å²) in [5.41, 5.74) is 1.91. The van der Waals surface area contributed by atoms with Gasteiger partial charge in [-0.25, -0.2) is 0 Å². The van der Waals surface area contributed by atoms with Crippen molar-refractivity contribution in [1.82, 2.24) is 15.1 Å². The lowest BCUT2D eigenvalue weighted by molar-refractivity contribution is 0.0961. The monoisotopic (exact) mass is 372 g/mol.